The molecule has 1 aromatic carbocycles. The maximum atomic E-state index is 12.3. The van der Waals surface area contributed by atoms with Gasteiger partial charge in [0, 0.05) is 11.1 Å². The number of hydrogen-bond donors (Lipinski definition) is 3. The van der Waals surface area contributed by atoms with Crippen molar-refractivity contribution in [3.8, 4) is 0 Å². The summed E-state index contributed by atoms with van der Waals surface area (Å²) < 4.78 is 0. The third kappa shape index (κ3) is 3.24. The molecule has 0 radical (unpaired) electrons. The monoisotopic (exact) mass is 286 g/mol. The van der Waals surface area contributed by atoms with E-state index in [1.165, 1.54) is 25.7 Å². The summed E-state index contributed by atoms with van der Waals surface area (Å²) >= 11 is 0. The van der Waals surface area contributed by atoms with E-state index < -0.39 is 6.04 Å². The van der Waals surface area contributed by atoms with Gasteiger partial charge >= 0.3 is 0 Å². The smallest absolute Gasteiger partial charge is 0.241 e. The van der Waals surface area contributed by atoms with Crippen molar-refractivity contribution in [1.82, 2.24) is 10.2 Å². The summed E-state index contributed by atoms with van der Waals surface area (Å²) in [5, 5.41) is 10.8. The largest absolute Gasteiger partial charge is 0.325 e. The summed E-state index contributed by atoms with van der Waals surface area (Å²) in [4.78, 5) is 12.3. The molecule has 5 heteroatoms. The predicted octanol–water partition coefficient (Wildman–Crippen LogP) is 2.80. The van der Waals surface area contributed by atoms with Crippen molar-refractivity contribution in [3.05, 3.63) is 24.4 Å². The van der Waals surface area contributed by atoms with E-state index in [1.54, 1.807) is 6.20 Å². The minimum atomic E-state index is -0.414. The molecule has 1 fully saturated rings. The third-order valence-electron chi connectivity index (χ3n) is 4.42. The minimum absolute atomic E-state index is 0.0789. The van der Waals surface area contributed by atoms with Gasteiger partial charge in [-0.2, -0.15) is 5.10 Å². The van der Waals surface area contributed by atoms with Crippen molar-refractivity contribution in [1.29, 1.82) is 0 Å². The number of aromatic nitrogens is 2. The number of hydrogen-bond acceptors (Lipinski definition) is 3. The van der Waals surface area contributed by atoms with Gasteiger partial charge in [-0.15, -0.1) is 0 Å². The maximum Gasteiger partial charge on any atom is 0.241 e. The van der Waals surface area contributed by atoms with Crippen LogP contribution in [-0.2, 0) is 4.79 Å². The van der Waals surface area contributed by atoms with Crippen LogP contribution >= 0.6 is 0 Å². The Hall–Kier alpha value is -1.88. The average Bonchev–Trinajstić information content (AvgIpc) is 2.78. The molecule has 4 N–H and O–H groups in total. The molecule has 1 heterocycles. The first-order valence-electron chi connectivity index (χ1n) is 7.73. The van der Waals surface area contributed by atoms with E-state index in [1.807, 2.05) is 18.2 Å². The summed E-state index contributed by atoms with van der Waals surface area (Å²) in [5.41, 5.74) is 7.91. The second-order valence-electron chi connectivity index (χ2n) is 5.94. The Morgan fingerprint density at radius 2 is 2.05 bits per heavy atom. The topological polar surface area (TPSA) is 83.8 Å². The van der Waals surface area contributed by atoms with Crippen LogP contribution in [0.25, 0.3) is 10.9 Å². The van der Waals surface area contributed by atoms with Crippen LogP contribution in [0.2, 0.25) is 0 Å². The van der Waals surface area contributed by atoms with Crippen LogP contribution < -0.4 is 11.1 Å². The second kappa shape index (κ2) is 6.26. The molecule has 21 heavy (non-hydrogen) atoms. The van der Waals surface area contributed by atoms with E-state index in [0.717, 1.165) is 29.4 Å². The Morgan fingerprint density at radius 1 is 1.29 bits per heavy atom. The lowest BCUT2D eigenvalue weighted by molar-refractivity contribution is -0.118. The summed E-state index contributed by atoms with van der Waals surface area (Å²) in [6.07, 6.45) is 8.78. The first kappa shape index (κ1) is 14.1. The number of anilines is 1. The molecule has 2 aromatic rings. The van der Waals surface area contributed by atoms with Gasteiger partial charge in [-0.05, 0) is 37.0 Å². The lowest BCUT2D eigenvalue weighted by atomic mass is 9.92. The molecule has 1 aliphatic carbocycles. The van der Waals surface area contributed by atoms with Crippen LogP contribution in [0, 0.1) is 5.92 Å². The zero-order valence-corrected chi connectivity index (χ0v) is 12.1. The third-order valence-corrected chi connectivity index (χ3v) is 4.42. The van der Waals surface area contributed by atoms with Crippen LogP contribution in [0.3, 0.4) is 0 Å². The molecule has 3 rings (SSSR count). The first-order valence-corrected chi connectivity index (χ1v) is 7.73. The van der Waals surface area contributed by atoms with Crippen LogP contribution in [0.15, 0.2) is 24.4 Å². The van der Waals surface area contributed by atoms with E-state index in [4.69, 9.17) is 5.73 Å². The zero-order chi connectivity index (χ0) is 14.7. The van der Waals surface area contributed by atoms with Gasteiger partial charge < -0.3 is 11.1 Å². The quantitative estimate of drug-likeness (QED) is 0.759. The van der Waals surface area contributed by atoms with Gasteiger partial charge in [0.25, 0.3) is 0 Å². The molecule has 0 saturated heterocycles. The van der Waals surface area contributed by atoms with Gasteiger partial charge in [0.1, 0.15) is 0 Å². The van der Waals surface area contributed by atoms with E-state index in [9.17, 15) is 4.79 Å². The Bertz CT molecular complexity index is 614. The number of benzene rings is 1. The van der Waals surface area contributed by atoms with Crippen LogP contribution in [0.4, 0.5) is 5.69 Å². The average molecular weight is 286 g/mol. The fourth-order valence-corrected chi connectivity index (χ4v) is 3.13. The lowest BCUT2D eigenvalue weighted by Gasteiger charge is -2.21. The molecule has 0 aliphatic heterocycles. The molecule has 5 nitrogen and oxygen atoms in total. The highest BCUT2D eigenvalue weighted by Gasteiger charge is 2.25. The van der Waals surface area contributed by atoms with Gasteiger partial charge in [0.2, 0.25) is 5.91 Å². The van der Waals surface area contributed by atoms with E-state index in [2.05, 4.69) is 15.5 Å². The summed E-state index contributed by atoms with van der Waals surface area (Å²) in [6.45, 7) is 0. The van der Waals surface area contributed by atoms with Crippen molar-refractivity contribution >= 4 is 22.5 Å². The van der Waals surface area contributed by atoms with Gasteiger partial charge in [-0.3, -0.25) is 9.89 Å². The van der Waals surface area contributed by atoms with Crippen LogP contribution in [-0.4, -0.2) is 22.1 Å². The summed E-state index contributed by atoms with van der Waals surface area (Å²) in [6, 6.07) is 5.28. The number of rotatable bonds is 3. The highest BCUT2D eigenvalue weighted by molar-refractivity contribution is 5.96. The second-order valence-corrected chi connectivity index (χ2v) is 5.94. The Kier molecular flexibility index (Phi) is 4.20. The number of nitrogens with zero attached hydrogens (tertiary/aromatic N) is 1. The number of carbonyl (C=O) groups excluding carboxylic acids is 1. The predicted molar refractivity (Wildman–Crippen MR) is 83.9 cm³/mol. The molecule has 112 valence electrons. The number of fused-ring (bicyclic) bond motifs is 1. The van der Waals surface area contributed by atoms with Gasteiger partial charge in [0.05, 0.1) is 17.8 Å². The van der Waals surface area contributed by atoms with Crippen molar-refractivity contribution < 1.29 is 4.79 Å². The van der Waals surface area contributed by atoms with Crippen LogP contribution in [0.5, 0.6) is 0 Å². The molecule has 1 unspecified atom stereocenters. The highest BCUT2D eigenvalue weighted by Crippen LogP contribution is 2.25. The number of carbonyl (C=O) groups is 1. The lowest BCUT2D eigenvalue weighted by Crippen LogP contribution is -2.41. The van der Waals surface area contributed by atoms with Crippen molar-refractivity contribution in [2.24, 2.45) is 11.7 Å². The number of H-pyrrole nitrogens is 1. The van der Waals surface area contributed by atoms with E-state index in [0.29, 0.717) is 5.92 Å². The molecular formula is C16H22N4O. The molecule has 0 bridgehead atoms. The molecule has 1 aliphatic rings. The SMILES string of the molecule is NC(C(=O)Nc1ccc2[nH]ncc2c1)C1CCCCCC1. The van der Waals surface area contributed by atoms with Crippen molar-refractivity contribution in [3.63, 3.8) is 0 Å². The minimum Gasteiger partial charge on any atom is -0.325 e. The fraction of sp³-hybridized carbons (Fsp3) is 0.500. The van der Waals surface area contributed by atoms with Crippen molar-refractivity contribution in [2.45, 2.75) is 44.6 Å². The number of aromatic amines is 1. The maximum absolute atomic E-state index is 12.3. The summed E-state index contributed by atoms with van der Waals surface area (Å²) in [5.74, 6) is 0.231. The van der Waals surface area contributed by atoms with E-state index in [-0.39, 0.29) is 5.91 Å². The normalized spacial score (nSPS) is 18.3. The van der Waals surface area contributed by atoms with Gasteiger partial charge in [-0.1, -0.05) is 25.7 Å². The number of nitrogens with one attached hydrogen (secondary N) is 2. The van der Waals surface area contributed by atoms with Crippen LogP contribution in [0.1, 0.15) is 38.5 Å². The van der Waals surface area contributed by atoms with E-state index >= 15 is 0 Å². The molecule has 1 aromatic heterocycles. The van der Waals surface area contributed by atoms with Gasteiger partial charge in [0.15, 0.2) is 0 Å². The number of amides is 1. The standard InChI is InChI=1S/C16H22N4O/c17-15(11-5-3-1-2-4-6-11)16(21)19-13-7-8-14-12(9-13)10-18-20-14/h7-11,15H,1-6,17H2,(H,18,20)(H,19,21). The van der Waals surface area contributed by atoms with Gasteiger partial charge in [-0.25, -0.2) is 0 Å². The Labute approximate surface area is 124 Å². The summed E-state index contributed by atoms with van der Waals surface area (Å²) in [7, 11) is 0. The Balaban J connectivity index is 1.66. The molecular weight excluding hydrogens is 264 g/mol. The molecule has 1 amide bonds. The Morgan fingerprint density at radius 3 is 2.81 bits per heavy atom. The van der Waals surface area contributed by atoms with Crippen molar-refractivity contribution in [2.75, 3.05) is 5.32 Å². The molecule has 1 saturated carbocycles. The highest BCUT2D eigenvalue weighted by atomic mass is 16.2. The molecule has 1 atom stereocenters. The molecule has 0 spiro atoms. The number of nitrogens with two attached hydrogens (primary N) is 1. The zero-order valence-electron chi connectivity index (χ0n) is 12.1. The fourth-order valence-electron chi connectivity index (χ4n) is 3.13. The first-order chi connectivity index (χ1) is 10.2.